The maximum atomic E-state index is 12.1. The highest BCUT2D eigenvalue weighted by molar-refractivity contribution is 8.14. The molecular formula is C13H14ClNO5S. The first kappa shape index (κ1) is 15.8. The Kier molecular flexibility index (Phi) is 4.25. The number of methoxy groups -OCH3 is 1. The van der Waals surface area contributed by atoms with Gasteiger partial charge in [-0.3, -0.25) is 4.79 Å². The van der Waals surface area contributed by atoms with E-state index in [0.29, 0.717) is 11.3 Å². The van der Waals surface area contributed by atoms with Crippen molar-refractivity contribution in [2.24, 2.45) is 0 Å². The average Bonchev–Trinajstić information content (AvgIpc) is 2.79. The van der Waals surface area contributed by atoms with Crippen LogP contribution in [-0.4, -0.2) is 39.2 Å². The molecule has 114 valence electrons. The van der Waals surface area contributed by atoms with E-state index in [4.69, 9.17) is 15.4 Å². The number of ether oxygens (including phenoxy) is 1. The van der Waals surface area contributed by atoms with Crippen LogP contribution in [0.25, 0.3) is 0 Å². The van der Waals surface area contributed by atoms with Crippen LogP contribution in [0.15, 0.2) is 18.2 Å². The molecule has 8 heteroatoms. The molecule has 0 radical (unpaired) electrons. The lowest BCUT2D eigenvalue weighted by atomic mass is 10.1. The molecule has 1 aromatic carbocycles. The molecule has 0 aromatic heterocycles. The van der Waals surface area contributed by atoms with E-state index in [-0.39, 0.29) is 24.4 Å². The maximum Gasteiger partial charge on any atom is 0.339 e. The van der Waals surface area contributed by atoms with Gasteiger partial charge >= 0.3 is 5.97 Å². The summed E-state index contributed by atoms with van der Waals surface area (Å²) in [5.74, 6) is -0.970. The molecule has 1 aliphatic rings. The highest BCUT2D eigenvalue weighted by atomic mass is 35.7. The highest BCUT2D eigenvalue weighted by Crippen LogP contribution is 2.32. The number of carbonyl (C=O) groups is 2. The van der Waals surface area contributed by atoms with Crippen molar-refractivity contribution >= 4 is 37.3 Å². The molecule has 21 heavy (non-hydrogen) atoms. The van der Waals surface area contributed by atoms with Gasteiger partial charge in [0.2, 0.25) is 15.0 Å². The Hall–Kier alpha value is -1.60. The van der Waals surface area contributed by atoms with Gasteiger partial charge in [0.15, 0.2) is 0 Å². The van der Waals surface area contributed by atoms with E-state index < -0.39 is 20.3 Å². The molecule has 0 bridgehead atoms. The van der Waals surface area contributed by atoms with Crippen LogP contribution in [0.3, 0.4) is 0 Å². The zero-order chi connectivity index (χ0) is 15.8. The SMILES string of the molecule is COC(=O)c1cccc(C)c1N1CC(S(=O)(=O)Cl)CC1=O. The van der Waals surface area contributed by atoms with E-state index in [1.807, 2.05) is 0 Å². The third-order valence-electron chi connectivity index (χ3n) is 3.40. The lowest BCUT2D eigenvalue weighted by Gasteiger charge is -2.21. The number of para-hydroxylation sites is 1. The van der Waals surface area contributed by atoms with Gasteiger partial charge in [0.25, 0.3) is 0 Å². The highest BCUT2D eigenvalue weighted by Gasteiger charge is 2.39. The summed E-state index contributed by atoms with van der Waals surface area (Å²) < 4.78 is 27.5. The van der Waals surface area contributed by atoms with Gasteiger partial charge in [-0.1, -0.05) is 12.1 Å². The predicted octanol–water partition coefficient (Wildman–Crippen LogP) is 1.46. The molecule has 0 N–H and O–H groups in total. The number of hydrogen-bond acceptors (Lipinski definition) is 5. The third-order valence-corrected chi connectivity index (χ3v) is 5.27. The quantitative estimate of drug-likeness (QED) is 0.618. The molecule has 0 saturated carbocycles. The normalized spacial score (nSPS) is 18.9. The summed E-state index contributed by atoms with van der Waals surface area (Å²) in [6.45, 7) is 1.66. The molecule has 1 unspecified atom stereocenters. The third kappa shape index (κ3) is 3.03. The summed E-state index contributed by atoms with van der Waals surface area (Å²) in [6.07, 6.45) is -0.194. The van der Waals surface area contributed by atoms with Crippen molar-refractivity contribution in [3.63, 3.8) is 0 Å². The van der Waals surface area contributed by atoms with Crippen molar-refractivity contribution < 1.29 is 22.7 Å². The number of aryl methyl sites for hydroxylation is 1. The fraction of sp³-hybridized carbons (Fsp3) is 0.385. The Morgan fingerprint density at radius 1 is 1.43 bits per heavy atom. The molecule has 2 rings (SSSR count). The van der Waals surface area contributed by atoms with Gasteiger partial charge in [-0.15, -0.1) is 0 Å². The molecule has 1 saturated heterocycles. The number of anilines is 1. The van der Waals surface area contributed by atoms with Crippen LogP contribution in [0.1, 0.15) is 22.3 Å². The first-order chi connectivity index (χ1) is 9.75. The van der Waals surface area contributed by atoms with Crippen molar-refractivity contribution in [1.82, 2.24) is 0 Å². The van der Waals surface area contributed by atoms with E-state index in [2.05, 4.69) is 0 Å². The molecule has 1 atom stereocenters. The summed E-state index contributed by atoms with van der Waals surface area (Å²) in [4.78, 5) is 25.2. The average molecular weight is 332 g/mol. The van der Waals surface area contributed by atoms with E-state index in [1.165, 1.54) is 18.1 Å². The topological polar surface area (TPSA) is 80.8 Å². The molecule has 1 heterocycles. The fourth-order valence-electron chi connectivity index (χ4n) is 2.37. The number of esters is 1. The van der Waals surface area contributed by atoms with Gasteiger partial charge in [0.05, 0.1) is 18.4 Å². The first-order valence-corrected chi connectivity index (χ1v) is 8.54. The first-order valence-electron chi connectivity index (χ1n) is 6.17. The molecule has 0 spiro atoms. The van der Waals surface area contributed by atoms with Crippen LogP contribution in [-0.2, 0) is 18.6 Å². The number of halogens is 1. The molecular weight excluding hydrogens is 318 g/mol. The van der Waals surface area contributed by atoms with Crippen LogP contribution in [0.5, 0.6) is 0 Å². The van der Waals surface area contributed by atoms with Crippen molar-refractivity contribution in [3.05, 3.63) is 29.3 Å². The molecule has 6 nitrogen and oxygen atoms in total. The summed E-state index contributed by atoms with van der Waals surface area (Å²) in [6, 6.07) is 4.93. The zero-order valence-electron chi connectivity index (χ0n) is 11.5. The van der Waals surface area contributed by atoms with Gasteiger partial charge in [-0.05, 0) is 18.6 Å². The lowest BCUT2D eigenvalue weighted by molar-refractivity contribution is -0.117. The van der Waals surface area contributed by atoms with Gasteiger partial charge < -0.3 is 9.64 Å². The monoisotopic (exact) mass is 331 g/mol. The van der Waals surface area contributed by atoms with Crippen LogP contribution >= 0.6 is 10.7 Å². The Balaban J connectivity index is 2.48. The van der Waals surface area contributed by atoms with Gasteiger partial charge in [-0.25, -0.2) is 13.2 Å². The minimum absolute atomic E-state index is 0.0699. The van der Waals surface area contributed by atoms with E-state index >= 15 is 0 Å². The second-order valence-corrected chi connectivity index (χ2v) is 7.68. The van der Waals surface area contributed by atoms with Crippen LogP contribution in [0.2, 0.25) is 0 Å². The summed E-state index contributed by atoms with van der Waals surface area (Å²) >= 11 is 0. The number of rotatable bonds is 3. The molecule has 1 aliphatic heterocycles. The number of hydrogen-bond donors (Lipinski definition) is 0. The summed E-state index contributed by atoms with van der Waals surface area (Å²) in [5.41, 5.74) is 1.27. The minimum Gasteiger partial charge on any atom is -0.465 e. The minimum atomic E-state index is -3.83. The molecule has 1 aromatic rings. The second kappa shape index (κ2) is 5.65. The number of carbonyl (C=O) groups excluding carboxylic acids is 2. The fourth-order valence-corrected chi connectivity index (χ4v) is 3.40. The van der Waals surface area contributed by atoms with Crippen molar-refractivity contribution in [3.8, 4) is 0 Å². The van der Waals surface area contributed by atoms with Gasteiger partial charge in [0, 0.05) is 23.6 Å². The maximum absolute atomic E-state index is 12.1. The molecule has 0 aliphatic carbocycles. The van der Waals surface area contributed by atoms with Crippen LogP contribution in [0.4, 0.5) is 5.69 Å². The molecule has 1 fully saturated rings. The Morgan fingerprint density at radius 2 is 2.10 bits per heavy atom. The van der Waals surface area contributed by atoms with E-state index in [0.717, 1.165) is 0 Å². The van der Waals surface area contributed by atoms with E-state index in [9.17, 15) is 18.0 Å². The smallest absolute Gasteiger partial charge is 0.339 e. The van der Waals surface area contributed by atoms with Gasteiger partial charge in [-0.2, -0.15) is 0 Å². The number of amides is 1. The largest absolute Gasteiger partial charge is 0.465 e. The lowest BCUT2D eigenvalue weighted by Crippen LogP contribution is -2.29. The predicted molar refractivity (Wildman–Crippen MR) is 78.0 cm³/mol. The Labute approximate surface area is 127 Å². The summed E-state index contributed by atoms with van der Waals surface area (Å²) in [5, 5.41) is -0.975. The van der Waals surface area contributed by atoms with Crippen molar-refractivity contribution in [1.29, 1.82) is 0 Å². The molecule has 1 amide bonds. The Morgan fingerprint density at radius 3 is 2.62 bits per heavy atom. The number of nitrogens with zero attached hydrogens (tertiary/aromatic N) is 1. The number of benzene rings is 1. The van der Waals surface area contributed by atoms with E-state index in [1.54, 1.807) is 19.1 Å². The van der Waals surface area contributed by atoms with Crippen LogP contribution < -0.4 is 4.90 Å². The van der Waals surface area contributed by atoms with Crippen LogP contribution in [0, 0.1) is 6.92 Å². The summed E-state index contributed by atoms with van der Waals surface area (Å²) in [7, 11) is 2.74. The zero-order valence-corrected chi connectivity index (χ0v) is 13.1. The second-order valence-electron chi connectivity index (χ2n) is 4.77. The van der Waals surface area contributed by atoms with Crippen molar-refractivity contribution in [2.45, 2.75) is 18.6 Å². The standard InChI is InChI=1S/C13H14ClNO5S/c1-8-4-3-5-10(13(17)20-2)12(8)15-7-9(6-11(15)16)21(14,18)19/h3-5,9H,6-7H2,1-2H3. The van der Waals surface area contributed by atoms with Crippen molar-refractivity contribution in [2.75, 3.05) is 18.6 Å². The Bertz CT molecular complexity index is 701. The van der Waals surface area contributed by atoms with Gasteiger partial charge in [0.1, 0.15) is 5.25 Å².